The standard InChI is InChI=1S/C26H33ClFN5O5S/c1-31(39(34,35)32-11-13-37-14-12-32)19-4-6-20(7-5-19)38-21-8-10-25-22(16-21)26(29-17-33(25)36-2)30-18-3-9-24(28)23(27)15-18/h3,8-10,15-17,19-20,26,30H,4-7,11-14H2,1-2H3. The molecule has 2 heterocycles. The second-order valence-electron chi connectivity index (χ2n) is 9.75. The molecule has 13 heteroatoms. The molecule has 1 atom stereocenters. The van der Waals surface area contributed by atoms with Crippen LogP contribution in [-0.2, 0) is 19.8 Å². The summed E-state index contributed by atoms with van der Waals surface area (Å²) >= 11 is 5.96. The molecule has 3 aliphatic rings. The number of fused-ring (bicyclic) bond motifs is 1. The van der Waals surface area contributed by atoms with Gasteiger partial charge in [0.1, 0.15) is 24.1 Å². The molecule has 0 spiro atoms. The molecule has 1 saturated carbocycles. The van der Waals surface area contributed by atoms with Gasteiger partial charge < -0.3 is 14.8 Å². The minimum atomic E-state index is -3.51. The van der Waals surface area contributed by atoms with Gasteiger partial charge in [-0.15, -0.1) is 0 Å². The Bertz CT molecular complexity index is 1300. The molecular formula is C26H33ClFN5O5S. The highest BCUT2D eigenvalue weighted by Gasteiger charge is 2.35. The first-order chi connectivity index (χ1) is 18.8. The summed E-state index contributed by atoms with van der Waals surface area (Å²) in [6.07, 6.45) is 3.98. The number of hydrogen-bond acceptors (Lipinski definition) is 8. The van der Waals surface area contributed by atoms with Crippen molar-refractivity contribution in [2.24, 2.45) is 4.99 Å². The maximum absolute atomic E-state index is 13.6. The molecule has 1 unspecified atom stereocenters. The number of hydroxylamine groups is 1. The Morgan fingerprint density at radius 3 is 2.56 bits per heavy atom. The fourth-order valence-electron chi connectivity index (χ4n) is 5.17. The van der Waals surface area contributed by atoms with Crippen molar-refractivity contribution >= 4 is 39.5 Å². The largest absolute Gasteiger partial charge is 0.490 e. The Morgan fingerprint density at radius 1 is 1.13 bits per heavy atom. The first-order valence-electron chi connectivity index (χ1n) is 13.0. The molecule has 2 aromatic rings. The number of aliphatic imine (C=N–C) groups is 1. The molecule has 39 heavy (non-hydrogen) atoms. The van der Waals surface area contributed by atoms with Gasteiger partial charge in [-0.1, -0.05) is 11.6 Å². The van der Waals surface area contributed by atoms with Crippen molar-refractivity contribution < 1.29 is 27.1 Å². The van der Waals surface area contributed by atoms with Crippen molar-refractivity contribution in [3.63, 3.8) is 0 Å². The lowest BCUT2D eigenvalue weighted by atomic mass is 9.93. The average Bonchev–Trinajstić information content (AvgIpc) is 2.95. The zero-order chi connectivity index (χ0) is 27.6. The third kappa shape index (κ3) is 6.16. The topological polar surface area (TPSA) is 95.9 Å². The van der Waals surface area contributed by atoms with Crippen molar-refractivity contribution in [1.29, 1.82) is 0 Å². The van der Waals surface area contributed by atoms with Crippen LogP contribution in [0, 0.1) is 5.82 Å². The number of morpholine rings is 1. The lowest BCUT2D eigenvalue weighted by Crippen LogP contribution is -2.51. The summed E-state index contributed by atoms with van der Waals surface area (Å²) in [4.78, 5) is 9.97. The van der Waals surface area contributed by atoms with Crippen molar-refractivity contribution in [3.05, 3.63) is 52.8 Å². The van der Waals surface area contributed by atoms with Gasteiger partial charge in [-0.3, -0.25) is 4.84 Å². The minimum Gasteiger partial charge on any atom is -0.490 e. The smallest absolute Gasteiger partial charge is 0.282 e. The molecule has 0 bridgehead atoms. The SMILES string of the molecule is CON1C=NC(Nc2ccc(F)c(Cl)c2)c2cc(OC3CCC(N(C)S(=O)(=O)N4CCOCC4)CC3)ccc21. The zero-order valence-electron chi connectivity index (χ0n) is 21.9. The van der Waals surface area contributed by atoms with Gasteiger partial charge in [0.15, 0.2) is 0 Å². The van der Waals surface area contributed by atoms with Gasteiger partial charge in [-0.2, -0.15) is 17.0 Å². The van der Waals surface area contributed by atoms with E-state index < -0.39 is 22.2 Å². The number of anilines is 2. The number of halogens is 2. The Morgan fingerprint density at radius 2 is 1.87 bits per heavy atom. The number of nitrogens with one attached hydrogen (secondary N) is 1. The van der Waals surface area contributed by atoms with Crippen molar-refractivity contribution in [2.45, 2.75) is 44.0 Å². The highest BCUT2D eigenvalue weighted by molar-refractivity contribution is 7.86. The van der Waals surface area contributed by atoms with E-state index in [0.29, 0.717) is 50.6 Å². The first kappa shape index (κ1) is 28.1. The summed E-state index contributed by atoms with van der Waals surface area (Å²) in [6, 6.07) is 10.1. The lowest BCUT2D eigenvalue weighted by Gasteiger charge is -2.37. The average molecular weight is 582 g/mol. The normalized spacial score (nSPS) is 24.0. The monoisotopic (exact) mass is 581 g/mol. The van der Waals surface area contributed by atoms with E-state index in [1.807, 2.05) is 18.2 Å². The van der Waals surface area contributed by atoms with E-state index in [2.05, 4.69) is 10.3 Å². The molecule has 2 aromatic carbocycles. The molecule has 1 N–H and O–H groups in total. The summed E-state index contributed by atoms with van der Waals surface area (Å²) in [7, 11) is -0.285. The van der Waals surface area contributed by atoms with E-state index in [-0.39, 0.29) is 17.2 Å². The molecule has 0 amide bonds. The molecule has 0 aromatic heterocycles. The zero-order valence-corrected chi connectivity index (χ0v) is 23.5. The Balaban J connectivity index is 1.24. The van der Waals surface area contributed by atoms with Crippen LogP contribution in [-0.4, -0.2) is 76.0 Å². The van der Waals surface area contributed by atoms with E-state index in [4.69, 9.17) is 25.9 Å². The fraction of sp³-hybridized carbons (Fsp3) is 0.500. The summed E-state index contributed by atoms with van der Waals surface area (Å²) in [5.41, 5.74) is 2.24. The van der Waals surface area contributed by atoms with E-state index in [1.165, 1.54) is 20.7 Å². The number of nitrogens with zero attached hydrogens (tertiary/aromatic N) is 4. The van der Waals surface area contributed by atoms with Gasteiger partial charge in [0.2, 0.25) is 0 Å². The molecule has 5 rings (SSSR count). The van der Waals surface area contributed by atoms with E-state index in [9.17, 15) is 12.8 Å². The first-order valence-corrected chi connectivity index (χ1v) is 14.7. The Kier molecular flexibility index (Phi) is 8.60. The van der Waals surface area contributed by atoms with Gasteiger partial charge in [-0.25, -0.2) is 14.4 Å². The van der Waals surface area contributed by atoms with Gasteiger partial charge in [0, 0.05) is 37.4 Å². The predicted octanol–water partition coefficient (Wildman–Crippen LogP) is 4.20. The number of ether oxygens (including phenoxy) is 2. The van der Waals surface area contributed by atoms with Crippen LogP contribution in [0.25, 0.3) is 0 Å². The Hall–Kier alpha value is -2.48. The maximum atomic E-state index is 13.6. The fourth-order valence-corrected chi connectivity index (χ4v) is 6.91. The van der Waals surface area contributed by atoms with Crippen molar-refractivity contribution in [1.82, 2.24) is 8.61 Å². The van der Waals surface area contributed by atoms with Crippen LogP contribution >= 0.6 is 11.6 Å². The molecule has 1 saturated heterocycles. The van der Waals surface area contributed by atoms with Crippen molar-refractivity contribution in [3.8, 4) is 5.75 Å². The summed E-state index contributed by atoms with van der Waals surface area (Å²) in [5, 5.41) is 4.86. The van der Waals surface area contributed by atoms with Crippen LogP contribution in [0.3, 0.4) is 0 Å². The second kappa shape index (κ2) is 11.9. The maximum Gasteiger partial charge on any atom is 0.282 e. The third-order valence-electron chi connectivity index (χ3n) is 7.39. The molecule has 2 fully saturated rings. The molecular weight excluding hydrogens is 549 g/mol. The van der Waals surface area contributed by atoms with E-state index in [1.54, 1.807) is 31.6 Å². The third-order valence-corrected chi connectivity index (χ3v) is 9.73. The highest BCUT2D eigenvalue weighted by Crippen LogP contribution is 2.37. The lowest BCUT2D eigenvalue weighted by molar-refractivity contribution is 0.0680. The van der Waals surface area contributed by atoms with Crippen LogP contribution in [0.2, 0.25) is 5.02 Å². The molecule has 2 aliphatic heterocycles. The minimum absolute atomic E-state index is 0.0228. The van der Waals surface area contributed by atoms with Crippen molar-refractivity contribution in [2.75, 3.05) is 50.8 Å². The van der Waals surface area contributed by atoms with E-state index >= 15 is 0 Å². The number of rotatable bonds is 8. The second-order valence-corrected chi connectivity index (χ2v) is 12.1. The van der Waals surface area contributed by atoms with E-state index in [0.717, 1.165) is 24.1 Å². The van der Waals surface area contributed by atoms with Crippen LogP contribution in [0.1, 0.15) is 37.4 Å². The summed E-state index contributed by atoms with van der Waals surface area (Å²) in [6.45, 7) is 1.63. The Labute approximate surface area is 233 Å². The molecule has 0 radical (unpaired) electrons. The van der Waals surface area contributed by atoms with Gasteiger partial charge in [0.25, 0.3) is 10.2 Å². The van der Waals surface area contributed by atoms with Gasteiger partial charge in [-0.05, 0) is 62.1 Å². The highest BCUT2D eigenvalue weighted by atomic mass is 35.5. The molecule has 1 aliphatic carbocycles. The number of benzene rings is 2. The van der Waals surface area contributed by atoms with Gasteiger partial charge >= 0.3 is 0 Å². The molecule has 10 nitrogen and oxygen atoms in total. The molecule has 212 valence electrons. The summed E-state index contributed by atoms with van der Waals surface area (Å²) in [5.74, 6) is 0.194. The summed E-state index contributed by atoms with van der Waals surface area (Å²) < 4.78 is 54.4. The van der Waals surface area contributed by atoms with Crippen LogP contribution in [0.15, 0.2) is 41.4 Å². The van der Waals surface area contributed by atoms with Gasteiger partial charge in [0.05, 0.1) is 37.1 Å². The van der Waals surface area contributed by atoms with Crippen LogP contribution in [0.5, 0.6) is 5.75 Å². The van der Waals surface area contributed by atoms with Crippen LogP contribution in [0.4, 0.5) is 15.8 Å². The van der Waals surface area contributed by atoms with Crippen LogP contribution < -0.4 is 15.1 Å². The number of hydrogen-bond donors (Lipinski definition) is 1. The quantitative estimate of drug-likeness (QED) is 0.499. The predicted molar refractivity (Wildman–Crippen MR) is 148 cm³/mol.